The Morgan fingerprint density at radius 2 is 1.85 bits per heavy atom. The van der Waals surface area contributed by atoms with Crippen LogP contribution in [0.2, 0.25) is 0 Å². The molecule has 4 rings (SSSR count). The van der Waals surface area contributed by atoms with Crippen molar-refractivity contribution < 1.29 is 24.0 Å². The van der Waals surface area contributed by atoms with Gasteiger partial charge in [-0.05, 0) is 63.5 Å². The van der Waals surface area contributed by atoms with Gasteiger partial charge in [-0.15, -0.1) is 0 Å². The summed E-state index contributed by atoms with van der Waals surface area (Å²) in [5.74, 6) is 0.114. The van der Waals surface area contributed by atoms with Crippen molar-refractivity contribution in [1.82, 2.24) is 14.9 Å². The first-order valence-electron chi connectivity index (χ1n) is 14.9. The largest absolute Gasteiger partial charge is 0.445 e. The van der Waals surface area contributed by atoms with Crippen molar-refractivity contribution in [3.8, 4) is 0 Å². The van der Waals surface area contributed by atoms with Crippen molar-refractivity contribution in [2.24, 2.45) is 11.7 Å². The number of amides is 3. The molecule has 216 valence electrons. The summed E-state index contributed by atoms with van der Waals surface area (Å²) in [6, 6.07) is 9.36. The Hall–Kier alpha value is -2.65. The quantitative estimate of drug-likeness (QED) is 0.419. The van der Waals surface area contributed by atoms with Gasteiger partial charge in [0.05, 0.1) is 6.54 Å². The molecule has 2 saturated heterocycles. The Labute approximate surface area is 232 Å². The van der Waals surface area contributed by atoms with Gasteiger partial charge >= 0.3 is 6.09 Å². The smallest absolute Gasteiger partial charge is 0.436 e. The summed E-state index contributed by atoms with van der Waals surface area (Å²) < 4.78 is 5.69. The number of nitrogens with zero attached hydrogens (tertiary/aromatic N) is 3. The highest BCUT2D eigenvalue weighted by Gasteiger charge is 2.53. The van der Waals surface area contributed by atoms with Crippen LogP contribution in [0.5, 0.6) is 0 Å². The van der Waals surface area contributed by atoms with E-state index in [0.717, 1.165) is 44.1 Å². The van der Waals surface area contributed by atoms with Gasteiger partial charge in [-0.2, -0.15) is 5.06 Å². The summed E-state index contributed by atoms with van der Waals surface area (Å²) in [5, 5.41) is 1.26. The van der Waals surface area contributed by atoms with Crippen molar-refractivity contribution >= 4 is 17.9 Å². The fraction of sp³-hybridized carbons (Fsp3) is 0.700. The second kappa shape index (κ2) is 14.1. The molecule has 4 atom stereocenters. The predicted octanol–water partition coefficient (Wildman–Crippen LogP) is 4.24. The van der Waals surface area contributed by atoms with E-state index in [1.807, 2.05) is 44.2 Å². The maximum atomic E-state index is 14.0. The monoisotopic (exact) mass is 542 g/mol. The SMILES string of the molecule is CCC(C)OC(=O)N1O[C@H](CC2CCCCC2)C(=O)N2C1CN(CCc1ccccc1)C(=O)[C@@H]2CCCCN. The molecule has 1 aromatic carbocycles. The average Bonchev–Trinajstić information content (AvgIpc) is 2.95. The maximum Gasteiger partial charge on any atom is 0.436 e. The van der Waals surface area contributed by atoms with Crippen molar-refractivity contribution in [1.29, 1.82) is 0 Å². The third-order valence-corrected chi connectivity index (χ3v) is 8.45. The summed E-state index contributed by atoms with van der Waals surface area (Å²) in [6.45, 7) is 5.01. The lowest BCUT2D eigenvalue weighted by Gasteiger charge is -2.53. The zero-order valence-electron chi connectivity index (χ0n) is 23.6. The van der Waals surface area contributed by atoms with E-state index >= 15 is 0 Å². The molecule has 2 unspecified atom stereocenters. The van der Waals surface area contributed by atoms with Gasteiger partial charge in [0.15, 0.2) is 12.3 Å². The Morgan fingerprint density at radius 3 is 2.54 bits per heavy atom. The van der Waals surface area contributed by atoms with Gasteiger partial charge in [-0.25, -0.2) is 4.79 Å². The van der Waals surface area contributed by atoms with Crippen molar-refractivity contribution in [3.63, 3.8) is 0 Å². The Kier molecular flexibility index (Phi) is 10.6. The third kappa shape index (κ3) is 7.31. The van der Waals surface area contributed by atoms with Crippen molar-refractivity contribution in [2.75, 3.05) is 19.6 Å². The Bertz CT molecular complexity index is 954. The normalized spacial score (nSPS) is 25.0. The lowest BCUT2D eigenvalue weighted by Crippen LogP contribution is -2.73. The van der Waals surface area contributed by atoms with E-state index in [9.17, 15) is 14.4 Å². The van der Waals surface area contributed by atoms with Gasteiger partial charge in [0, 0.05) is 6.54 Å². The minimum absolute atomic E-state index is 0.0684. The molecular formula is C30H46N4O5. The fourth-order valence-corrected chi connectivity index (χ4v) is 6.02. The second-order valence-electron chi connectivity index (χ2n) is 11.3. The predicted molar refractivity (Wildman–Crippen MR) is 148 cm³/mol. The number of hydroxylamine groups is 2. The zero-order chi connectivity index (χ0) is 27.8. The highest BCUT2D eigenvalue weighted by Crippen LogP contribution is 2.35. The van der Waals surface area contributed by atoms with Gasteiger partial charge < -0.3 is 20.3 Å². The van der Waals surface area contributed by atoms with E-state index in [1.54, 1.807) is 9.80 Å². The Balaban J connectivity index is 1.61. The van der Waals surface area contributed by atoms with Crippen LogP contribution in [0.4, 0.5) is 4.79 Å². The number of carbonyl (C=O) groups is 3. The number of piperazine rings is 1. The molecule has 39 heavy (non-hydrogen) atoms. The molecule has 1 aliphatic carbocycles. The molecule has 9 nitrogen and oxygen atoms in total. The average molecular weight is 543 g/mol. The lowest BCUT2D eigenvalue weighted by atomic mass is 9.85. The molecule has 3 aliphatic rings. The molecule has 1 aromatic rings. The van der Waals surface area contributed by atoms with Crippen molar-refractivity contribution in [2.45, 2.75) is 109 Å². The lowest BCUT2D eigenvalue weighted by molar-refractivity contribution is -0.270. The van der Waals surface area contributed by atoms with Crippen LogP contribution in [0, 0.1) is 5.92 Å². The highest BCUT2D eigenvalue weighted by atomic mass is 16.7. The molecular weight excluding hydrogens is 496 g/mol. The summed E-state index contributed by atoms with van der Waals surface area (Å²) in [5.41, 5.74) is 6.89. The van der Waals surface area contributed by atoms with Crippen LogP contribution >= 0.6 is 0 Å². The molecule has 0 spiro atoms. The van der Waals surface area contributed by atoms with Gasteiger partial charge in [0.2, 0.25) is 5.91 Å². The number of unbranched alkanes of at least 4 members (excludes halogenated alkanes) is 1. The molecule has 2 N–H and O–H groups in total. The van der Waals surface area contributed by atoms with E-state index < -0.39 is 24.4 Å². The van der Waals surface area contributed by atoms with Gasteiger partial charge in [0.1, 0.15) is 12.1 Å². The van der Waals surface area contributed by atoms with Crippen molar-refractivity contribution in [3.05, 3.63) is 35.9 Å². The fourth-order valence-electron chi connectivity index (χ4n) is 6.02. The van der Waals surface area contributed by atoms with Crippen LogP contribution in [0.1, 0.15) is 83.6 Å². The molecule has 2 heterocycles. The maximum absolute atomic E-state index is 14.0. The van der Waals surface area contributed by atoms with Crippen LogP contribution in [-0.2, 0) is 25.6 Å². The topological polar surface area (TPSA) is 105 Å². The first kappa shape index (κ1) is 29.3. The molecule has 0 radical (unpaired) electrons. The number of carbonyl (C=O) groups excluding carboxylic acids is 3. The number of hydrogen-bond acceptors (Lipinski definition) is 6. The van der Waals surface area contributed by atoms with Crippen LogP contribution in [0.15, 0.2) is 30.3 Å². The van der Waals surface area contributed by atoms with E-state index in [1.165, 1.54) is 11.5 Å². The number of hydrogen-bond donors (Lipinski definition) is 1. The van der Waals surface area contributed by atoms with Crippen LogP contribution in [0.3, 0.4) is 0 Å². The number of fused-ring (bicyclic) bond motifs is 1. The zero-order valence-corrected chi connectivity index (χ0v) is 23.6. The first-order valence-corrected chi connectivity index (χ1v) is 14.9. The minimum atomic E-state index is -0.797. The second-order valence-corrected chi connectivity index (χ2v) is 11.3. The van der Waals surface area contributed by atoms with Gasteiger partial charge in [-0.1, -0.05) is 69.4 Å². The summed E-state index contributed by atoms with van der Waals surface area (Å²) in [6.07, 6.45) is 7.11. The molecule has 0 bridgehead atoms. The van der Waals surface area contributed by atoms with Gasteiger partial charge in [0.25, 0.3) is 5.91 Å². The van der Waals surface area contributed by atoms with E-state index in [-0.39, 0.29) is 24.5 Å². The Morgan fingerprint density at radius 1 is 1.10 bits per heavy atom. The minimum Gasteiger partial charge on any atom is -0.445 e. The van der Waals surface area contributed by atoms with E-state index in [4.69, 9.17) is 15.3 Å². The standard InChI is InChI=1S/C30H46N4O5/c1-3-22(2)38-30(37)34-27-21-32(19-17-23-12-6-4-7-13-23)28(35)25(16-10-11-18-31)33(27)29(36)26(39-34)20-24-14-8-5-9-15-24/h4,6-7,12-13,22,24-27H,3,5,8-11,14-21,31H2,1-2H3/t22?,25-,26+,27?/m0/s1. The van der Waals surface area contributed by atoms with Crippen LogP contribution < -0.4 is 5.73 Å². The summed E-state index contributed by atoms with van der Waals surface area (Å²) in [4.78, 5) is 50.9. The van der Waals surface area contributed by atoms with Gasteiger partial charge in [-0.3, -0.25) is 14.4 Å². The van der Waals surface area contributed by atoms with Crippen LogP contribution in [0.25, 0.3) is 0 Å². The van der Waals surface area contributed by atoms with E-state index in [2.05, 4.69) is 0 Å². The molecule has 2 aliphatic heterocycles. The first-order chi connectivity index (χ1) is 18.9. The molecule has 0 aromatic heterocycles. The molecule has 3 fully saturated rings. The number of rotatable bonds is 11. The highest BCUT2D eigenvalue weighted by molar-refractivity contribution is 5.92. The third-order valence-electron chi connectivity index (χ3n) is 8.45. The number of ether oxygens (including phenoxy) is 1. The summed E-state index contributed by atoms with van der Waals surface area (Å²) >= 11 is 0. The molecule has 1 saturated carbocycles. The molecule has 9 heteroatoms. The molecule has 3 amide bonds. The number of benzene rings is 1. The summed E-state index contributed by atoms with van der Waals surface area (Å²) in [7, 11) is 0. The number of nitrogens with two attached hydrogens (primary N) is 1. The van der Waals surface area contributed by atoms with Crippen LogP contribution in [-0.4, -0.2) is 76.8 Å². The van der Waals surface area contributed by atoms with E-state index in [0.29, 0.717) is 44.7 Å².